The third-order valence-corrected chi connectivity index (χ3v) is 3.56. The van der Waals surface area contributed by atoms with Crippen molar-refractivity contribution in [3.05, 3.63) is 22.7 Å². The summed E-state index contributed by atoms with van der Waals surface area (Å²) < 4.78 is 10.7. The number of carbonyl (C=O) groups excluding carboxylic acids is 1. The Bertz CT molecular complexity index is 511. The number of rotatable bonds is 4. The molecule has 1 saturated heterocycles. The molecule has 0 bridgehead atoms. The van der Waals surface area contributed by atoms with Gasteiger partial charge in [0.25, 0.3) is 5.91 Å². The molecule has 1 amide bonds. The number of benzene rings is 1. The van der Waals surface area contributed by atoms with E-state index in [1.165, 1.54) is 7.11 Å². The van der Waals surface area contributed by atoms with E-state index in [0.717, 1.165) is 6.42 Å². The van der Waals surface area contributed by atoms with Crippen molar-refractivity contribution in [1.82, 2.24) is 4.90 Å². The second-order valence-electron chi connectivity index (χ2n) is 4.72. The zero-order valence-electron chi connectivity index (χ0n) is 12.1. The van der Waals surface area contributed by atoms with Crippen LogP contribution in [-0.4, -0.2) is 43.7 Å². The predicted molar refractivity (Wildman–Crippen MR) is 84.9 cm³/mol. The van der Waals surface area contributed by atoms with Crippen LogP contribution in [0.15, 0.2) is 12.1 Å². The molecule has 1 aliphatic rings. The van der Waals surface area contributed by atoms with E-state index in [2.05, 4.69) is 0 Å². The molecule has 0 aromatic heterocycles. The molecule has 1 heterocycles. The van der Waals surface area contributed by atoms with E-state index in [9.17, 15) is 4.79 Å². The summed E-state index contributed by atoms with van der Waals surface area (Å²) in [5.74, 6) is 0.846. The van der Waals surface area contributed by atoms with E-state index in [-0.39, 0.29) is 24.4 Å². The number of carbonyl (C=O) groups is 1. The van der Waals surface area contributed by atoms with Crippen LogP contribution in [0.2, 0.25) is 5.02 Å². The molecule has 1 atom stereocenters. The Morgan fingerprint density at radius 3 is 2.76 bits per heavy atom. The summed E-state index contributed by atoms with van der Waals surface area (Å²) in [5.41, 5.74) is 6.32. The van der Waals surface area contributed by atoms with Crippen LogP contribution in [0.4, 0.5) is 0 Å². The number of methoxy groups -OCH3 is 1. The molecule has 1 aromatic carbocycles. The van der Waals surface area contributed by atoms with Gasteiger partial charge in [-0.2, -0.15) is 0 Å². The van der Waals surface area contributed by atoms with Crippen molar-refractivity contribution in [3.8, 4) is 11.5 Å². The maximum absolute atomic E-state index is 12.4. The zero-order chi connectivity index (χ0) is 14.7. The van der Waals surface area contributed by atoms with Crippen molar-refractivity contribution in [3.63, 3.8) is 0 Å². The highest BCUT2D eigenvalue weighted by Gasteiger charge is 2.26. The number of nitrogens with zero attached hydrogens (tertiary/aromatic N) is 1. The highest BCUT2D eigenvalue weighted by Crippen LogP contribution is 2.36. The van der Waals surface area contributed by atoms with Crippen LogP contribution in [-0.2, 0) is 0 Å². The van der Waals surface area contributed by atoms with Gasteiger partial charge >= 0.3 is 0 Å². The minimum atomic E-state index is -0.0822. The molecule has 0 saturated carbocycles. The minimum Gasteiger partial charge on any atom is -0.493 e. The molecule has 2 rings (SSSR count). The monoisotopic (exact) mass is 334 g/mol. The Balaban J connectivity index is 0.00000220. The smallest absolute Gasteiger partial charge is 0.254 e. The van der Waals surface area contributed by atoms with Gasteiger partial charge in [-0.1, -0.05) is 11.6 Å². The topological polar surface area (TPSA) is 64.8 Å². The molecule has 2 N–H and O–H groups in total. The van der Waals surface area contributed by atoms with E-state index in [1.807, 2.05) is 6.92 Å². The van der Waals surface area contributed by atoms with Crippen molar-refractivity contribution in [2.75, 3.05) is 26.8 Å². The lowest BCUT2D eigenvalue weighted by Gasteiger charge is -2.18. The molecular weight excluding hydrogens is 315 g/mol. The number of likely N-dealkylation sites (tertiary alicyclic amines) is 1. The quantitative estimate of drug-likeness (QED) is 0.917. The maximum atomic E-state index is 12.4. The second kappa shape index (κ2) is 7.73. The van der Waals surface area contributed by atoms with Crippen LogP contribution >= 0.6 is 24.0 Å². The Morgan fingerprint density at radius 1 is 1.52 bits per heavy atom. The molecule has 1 fully saturated rings. The Kier molecular flexibility index (Phi) is 6.58. The van der Waals surface area contributed by atoms with E-state index in [1.54, 1.807) is 17.0 Å². The average Bonchev–Trinajstić information content (AvgIpc) is 2.86. The van der Waals surface area contributed by atoms with Crippen molar-refractivity contribution in [2.45, 2.75) is 19.4 Å². The summed E-state index contributed by atoms with van der Waals surface area (Å²) in [5, 5.41) is 0.373. The summed E-state index contributed by atoms with van der Waals surface area (Å²) in [6.07, 6.45) is 0.827. The molecule has 5 nitrogen and oxygen atoms in total. The van der Waals surface area contributed by atoms with Crippen molar-refractivity contribution >= 4 is 29.9 Å². The first-order chi connectivity index (χ1) is 9.56. The van der Waals surface area contributed by atoms with E-state index >= 15 is 0 Å². The summed E-state index contributed by atoms with van der Waals surface area (Å²) in [6.45, 7) is 3.59. The number of halogens is 2. The lowest BCUT2D eigenvalue weighted by molar-refractivity contribution is 0.0790. The molecule has 0 aliphatic carbocycles. The summed E-state index contributed by atoms with van der Waals surface area (Å²) in [4.78, 5) is 14.1. The molecule has 1 aromatic rings. The number of ether oxygens (including phenoxy) is 2. The highest BCUT2D eigenvalue weighted by molar-refractivity contribution is 6.32. The highest BCUT2D eigenvalue weighted by atomic mass is 35.5. The van der Waals surface area contributed by atoms with E-state index in [0.29, 0.717) is 41.8 Å². The third-order valence-electron chi connectivity index (χ3n) is 3.28. The molecule has 7 heteroatoms. The van der Waals surface area contributed by atoms with Crippen molar-refractivity contribution in [1.29, 1.82) is 0 Å². The first-order valence-electron chi connectivity index (χ1n) is 6.62. The van der Waals surface area contributed by atoms with E-state index < -0.39 is 0 Å². The van der Waals surface area contributed by atoms with Crippen LogP contribution in [0.1, 0.15) is 23.7 Å². The molecule has 0 radical (unpaired) electrons. The SMILES string of the molecule is CCOc1c(Cl)cc(C(=O)N2CC[C@@H](N)C2)cc1OC.Cl. The molecule has 0 spiro atoms. The number of nitrogens with two attached hydrogens (primary N) is 1. The molecular formula is C14H20Cl2N2O3. The van der Waals surface area contributed by atoms with Gasteiger partial charge in [-0.15, -0.1) is 12.4 Å². The fourth-order valence-electron chi connectivity index (χ4n) is 2.28. The lowest BCUT2D eigenvalue weighted by atomic mass is 10.1. The minimum absolute atomic E-state index is 0. The van der Waals surface area contributed by atoms with E-state index in [4.69, 9.17) is 26.8 Å². The van der Waals surface area contributed by atoms with Crippen LogP contribution in [0.3, 0.4) is 0 Å². The lowest BCUT2D eigenvalue weighted by Crippen LogP contribution is -2.31. The Labute approximate surface area is 135 Å². The summed E-state index contributed by atoms with van der Waals surface area (Å²) in [6, 6.07) is 3.32. The van der Waals surface area contributed by atoms with Gasteiger partial charge in [-0.3, -0.25) is 4.79 Å². The van der Waals surface area contributed by atoms with Crippen LogP contribution < -0.4 is 15.2 Å². The first-order valence-corrected chi connectivity index (χ1v) is 6.99. The van der Waals surface area contributed by atoms with Gasteiger partial charge in [0.2, 0.25) is 0 Å². The van der Waals surface area contributed by atoms with Crippen molar-refractivity contribution in [2.24, 2.45) is 5.73 Å². The molecule has 21 heavy (non-hydrogen) atoms. The van der Waals surface area contributed by atoms with Crippen LogP contribution in [0.5, 0.6) is 11.5 Å². The van der Waals surface area contributed by atoms with Gasteiger partial charge in [0.1, 0.15) is 0 Å². The van der Waals surface area contributed by atoms with Crippen LogP contribution in [0.25, 0.3) is 0 Å². The third kappa shape index (κ3) is 3.93. The fraction of sp³-hybridized carbons (Fsp3) is 0.500. The van der Waals surface area contributed by atoms with Gasteiger partial charge in [0.05, 0.1) is 18.7 Å². The second-order valence-corrected chi connectivity index (χ2v) is 5.13. The standard InChI is InChI=1S/C14H19ClN2O3.ClH/c1-3-20-13-11(15)6-9(7-12(13)19-2)14(18)17-5-4-10(16)8-17;/h6-7,10H,3-5,8,16H2,1-2H3;1H/t10-;/m1./s1. The Morgan fingerprint density at radius 2 is 2.24 bits per heavy atom. The maximum Gasteiger partial charge on any atom is 0.254 e. The number of hydrogen-bond acceptors (Lipinski definition) is 4. The predicted octanol–water partition coefficient (Wildman–Crippen LogP) is 2.34. The average molecular weight is 335 g/mol. The molecule has 0 unspecified atom stereocenters. The summed E-state index contributed by atoms with van der Waals surface area (Å²) >= 11 is 6.17. The number of amides is 1. The number of hydrogen-bond donors (Lipinski definition) is 1. The van der Waals surface area contributed by atoms with Gasteiger partial charge < -0.3 is 20.1 Å². The van der Waals surface area contributed by atoms with Gasteiger partial charge in [-0.05, 0) is 25.5 Å². The molecule has 118 valence electrons. The van der Waals surface area contributed by atoms with Crippen LogP contribution in [0, 0.1) is 0 Å². The van der Waals surface area contributed by atoms with Gasteiger partial charge in [0.15, 0.2) is 11.5 Å². The fourth-order valence-corrected chi connectivity index (χ4v) is 2.55. The summed E-state index contributed by atoms with van der Waals surface area (Å²) in [7, 11) is 1.52. The zero-order valence-corrected chi connectivity index (χ0v) is 13.7. The van der Waals surface area contributed by atoms with Crippen molar-refractivity contribution < 1.29 is 14.3 Å². The first kappa shape index (κ1) is 17.9. The van der Waals surface area contributed by atoms with Gasteiger partial charge in [-0.25, -0.2) is 0 Å². The normalized spacial score (nSPS) is 17.3. The van der Waals surface area contributed by atoms with Gasteiger partial charge in [0, 0.05) is 24.7 Å². The largest absolute Gasteiger partial charge is 0.493 e. The molecule has 1 aliphatic heterocycles. The Hall–Kier alpha value is -1.17.